The Kier molecular flexibility index (Phi) is 4.85. The van der Waals surface area contributed by atoms with Crippen molar-refractivity contribution in [1.29, 1.82) is 0 Å². The van der Waals surface area contributed by atoms with Gasteiger partial charge in [0, 0.05) is 18.8 Å². The Bertz CT molecular complexity index is 155. The van der Waals surface area contributed by atoms with Crippen LogP contribution < -0.4 is 11.1 Å². The van der Waals surface area contributed by atoms with Crippen LogP contribution in [0.1, 0.15) is 33.1 Å². The molecule has 0 spiro atoms. The van der Waals surface area contributed by atoms with Crippen LogP contribution in [0.4, 0.5) is 0 Å². The lowest BCUT2D eigenvalue weighted by atomic mass is 9.92. The Labute approximate surface area is 87.4 Å². The van der Waals surface area contributed by atoms with E-state index < -0.39 is 0 Å². The summed E-state index contributed by atoms with van der Waals surface area (Å²) < 4.78 is 5.35. The SMILES string of the molecule is CC(CN)CCNC1(C)CCOCC1. The van der Waals surface area contributed by atoms with Gasteiger partial charge in [-0.05, 0) is 45.2 Å². The standard InChI is InChI=1S/C11H24N2O/c1-10(9-12)3-6-13-11(2)4-7-14-8-5-11/h10,13H,3-9,12H2,1-2H3. The largest absolute Gasteiger partial charge is 0.381 e. The smallest absolute Gasteiger partial charge is 0.0483 e. The maximum Gasteiger partial charge on any atom is 0.0483 e. The van der Waals surface area contributed by atoms with Crippen LogP contribution in [0.5, 0.6) is 0 Å². The lowest BCUT2D eigenvalue weighted by Crippen LogP contribution is -2.47. The number of ether oxygens (including phenoxy) is 1. The van der Waals surface area contributed by atoms with E-state index in [0.29, 0.717) is 11.5 Å². The van der Waals surface area contributed by atoms with Gasteiger partial charge in [-0.2, -0.15) is 0 Å². The first-order chi connectivity index (χ1) is 6.66. The fourth-order valence-electron chi connectivity index (χ4n) is 1.74. The molecule has 0 saturated carbocycles. The van der Waals surface area contributed by atoms with Crippen molar-refractivity contribution in [1.82, 2.24) is 5.32 Å². The molecule has 1 heterocycles. The summed E-state index contributed by atoms with van der Waals surface area (Å²) in [5.41, 5.74) is 5.87. The van der Waals surface area contributed by atoms with Crippen molar-refractivity contribution in [3.8, 4) is 0 Å². The number of hydrogen-bond donors (Lipinski definition) is 2. The van der Waals surface area contributed by atoms with Crippen LogP contribution in [0.25, 0.3) is 0 Å². The maximum absolute atomic E-state index is 5.58. The quantitative estimate of drug-likeness (QED) is 0.699. The molecule has 14 heavy (non-hydrogen) atoms. The first-order valence-corrected chi connectivity index (χ1v) is 5.69. The zero-order valence-corrected chi connectivity index (χ0v) is 9.51. The number of nitrogens with one attached hydrogen (secondary N) is 1. The minimum absolute atomic E-state index is 0.298. The lowest BCUT2D eigenvalue weighted by molar-refractivity contribution is 0.0450. The molecule has 0 aromatic carbocycles. The van der Waals surface area contributed by atoms with Gasteiger partial charge in [0.2, 0.25) is 0 Å². The molecule has 0 aromatic rings. The second-order valence-corrected chi connectivity index (χ2v) is 4.73. The summed E-state index contributed by atoms with van der Waals surface area (Å²) in [5.74, 6) is 0.631. The van der Waals surface area contributed by atoms with Crippen molar-refractivity contribution in [2.75, 3.05) is 26.3 Å². The average molecular weight is 200 g/mol. The van der Waals surface area contributed by atoms with E-state index in [9.17, 15) is 0 Å². The van der Waals surface area contributed by atoms with Crippen molar-refractivity contribution in [3.63, 3.8) is 0 Å². The van der Waals surface area contributed by atoms with Gasteiger partial charge in [-0.1, -0.05) is 6.92 Å². The van der Waals surface area contributed by atoms with Crippen LogP contribution in [0.15, 0.2) is 0 Å². The third kappa shape index (κ3) is 3.95. The van der Waals surface area contributed by atoms with Gasteiger partial charge >= 0.3 is 0 Å². The highest BCUT2D eigenvalue weighted by Crippen LogP contribution is 2.19. The Balaban J connectivity index is 2.15. The second kappa shape index (κ2) is 5.69. The van der Waals surface area contributed by atoms with E-state index in [0.717, 1.165) is 39.1 Å². The van der Waals surface area contributed by atoms with Crippen molar-refractivity contribution in [2.24, 2.45) is 11.7 Å². The van der Waals surface area contributed by atoms with E-state index in [1.165, 1.54) is 6.42 Å². The van der Waals surface area contributed by atoms with Gasteiger partial charge in [-0.15, -0.1) is 0 Å². The van der Waals surface area contributed by atoms with Gasteiger partial charge in [0.15, 0.2) is 0 Å². The van der Waals surface area contributed by atoms with E-state index in [1.807, 2.05) is 0 Å². The zero-order valence-electron chi connectivity index (χ0n) is 9.51. The van der Waals surface area contributed by atoms with Crippen molar-refractivity contribution >= 4 is 0 Å². The van der Waals surface area contributed by atoms with Crippen LogP contribution >= 0.6 is 0 Å². The Morgan fingerprint density at radius 2 is 2.07 bits per heavy atom. The highest BCUT2D eigenvalue weighted by atomic mass is 16.5. The van der Waals surface area contributed by atoms with Crippen LogP contribution in [-0.2, 0) is 4.74 Å². The van der Waals surface area contributed by atoms with Gasteiger partial charge in [0.05, 0.1) is 0 Å². The summed E-state index contributed by atoms with van der Waals surface area (Å²) >= 11 is 0. The van der Waals surface area contributed by atoms with E-state index in [4.69, 9.17) is 10.5 Å². The molecular weight excluding hydrogens is 176 g/mol. The highest BCUT2D eigenvalue weighted by molar-refractivity contribution is 4.85. The van der Waals surface area contributed by atoms with Gasteiger partial charge in [0.25, 0.3) is 0 Å². The predicted molar refractivity (Wildman–Crippen MR) is 59.3 cm³/mol. The molecule has 1 unspecified atom stereocenters. The molecule has 1 fully saturated rings. The molecule has 0 aromatic heterocycles. The molecule has 1 aliphatic rings. The summed E-state index contributed by atoms with van der Waals surface area (Å²) in [5, 5.41) is 3.63. The molecule has 0 aliphatic carbocycles. The van der Waals surface area contributed by atoms with Gasteiger partial charge in [-0.3, -0.25) is 0 Å². The fourth-order valence-corrected chi connectivity index (χ4v) is 1.74. The summed E-state index contributed by atoms with van der Waals surface area (Å²) in [4.78, 5) is 0. The van der Waals surface area contributed by atoms with Crippen LogP contribution in [0.3, 0.4) is 0 Å². The first kappa shape index (κ1) is 12.0. The molecule has 0 amide bonds. The van der Waals surface area contributed by atoms with E-state index in [2.05, 4.69) is 19.2 Å². The molecular formula is C11H24N2O. The minimum Gasteiger partial charge on any atom is -0.381 e. The normalized spacial score (nSPS) is 23.4. The van der Waals surface area contributed by atoms with Gasteiger partial charge in [-0.25, -0.2) is 0 Å². The molecule has 0 radical (unpaired) electrons. The first-order valence-electron chi connectivity index (χ1n) is 5.69. The van der Waals surface area contributed by atoms with Crippen molar-refractivity contribution < 1.29 is 4.74 Å². The fraction of sp³-hybridized carbons (Fsp3) is 1.00. The van der Waals surface area contributed by atoms with Crippen LogP contribution in [-0.4, -0.2) is 31.8 Å². The number of nitrogens with two attached hydrogens (primary N) is 1. The average Bonchev–Trinajstić information content (AvgIpc) is 2.18. The van der Waals surface area contributed by atoms with Gasteiger partial charge in [0.1, 0.15) is 0 Å². The molecule has 1 atom stereocenters. The highest BCUT2D eigenvalue weighted by Gasteiger charge is 2.26. The summed E-state index contributed by atoms with van der Waals surface area (Å²) in [6.45, 7) is 8.17. The van der Waals surface area contributed by atoms with Crippen LogP contribution in [0, 0.1) is 5.92 Å². The summed E-state index contributed by atoms with van der Waals surface area (Å²) in [6.07, 6.45) is 3.43. The van der Waals surface area contributed by atoms with Crippen LogP contribution in [0.2, 0.25) is 0 Å². The van der Waals surface area contributed by atoms with E-state index in [1.54, 1.807) is 0 Å². The summed E-state index contributed by atoms with van der Waals surface area (Å²) in [6, 6.07) is 0. The topological polar surface area (TPSA) is 47.3 Å². The molecule has 1 saturated heterocycles. The zero-order chi connectivity index (χ0) is 10.4. The predicted octanol–water partition coefficient (Wildman–Crippen LogP) is 1.13. The molecule has 3 nitrogen and oxygen atoms in total. The van der Waals surface area contributed by atoms with E-state index >= 15 is 0 Å². The monoisotopic (exact) mass is 200 g/mol. The summed E-state index contributed by atoms with van der Waals surface area (Å²) in [7, 11) is 0. The third-order valence-electron chi connectivity index (χ3n) is 3.19. The molecule has 3 heteroatoms. The molecule has 0 bridgehead atoms. The minimum atomic E-state index is 0.298. The Hall–Kier alpha value is -0.120. The van der Waals surface area contributed by atoms with Crippen molar-refractivity contribution in [2.45, 2.75) is 38.6 Å². The number of rotatable bonds is 5. The second-order valence-electron chi connectivity index (χ2n) is 4.73. The molecule has 1 aliphatic heterocycles. The third-order valence-corrected chi connectivity index (χ3v) is 3.19. The maximum atomic E-state index is 5.58. The van der Waals surface area contributed by atoms with Crippen molar-refractivity contribution in [3.05, 3.63) is 0 Å². The number of hydrogen-bond acceptors (Lipinski definition) is 3. The molecule has 1 rings (SSSR count). The molecule has 84 valence electrons. The molecule has 3 N–H and O–H groups in total. The Morgan fingerprint density at radius 1 is 1.43 bits per heavy atom. The Morgan fingerprint density at radius 3 is 2.64 bits per heavy atom. The van der Waals surface area contributed by atoms with E-state index in [-0.39, 0.29) is 0 Å². The van der Waals surface area contributed by atoms with Gasteiger partial charge < -0.3 is 15.8 Å². The lowest BCUT2D eigenvalue weighted by Gasteiger charge is -2.35.